The van der Waals surface area contributed by atoms with Gasteiger partial charge in [-0.2, -0.15) is 4.68 Å². The van der Waals surface area contributed by atoms with Gasteiger partial charge in [0.05, 0.1) is 0 Å². The van der Waals surface area contributed by atoms with Gasteiger partial charge in [-0.05, 0) is 60.1 Å². The molecule has 224 valence electrons. The Morgan fingerprint density at radius 2 is 1.79 bits per heavy atom. The number of hydrogen-bond donors (Lipinski definition) is 2. The SMILES string of the molecule is CCNC(O)N1CCN(c2ccc(N(C(=O)n3nnn(-c4c(F)cccc4F)c3=O)C3CCCCC3)cc2C=O)CC1. The number of rotatable bonds is 8. The quantitative estimate of drug-likeness (QED) is 0.233. The standard InChI is InChI=1S/C28H34F2N8O4/c1-2-31-26(40)35-15-13-34(14-16-35)24-12-11-21(17-19(24)18-39)36(20-7-4-3-5-8-20)27(41)38-28(42)37(32-33-38)25-22(29)9-6-10-23(25)30/h6,9-12,17-18,20,26,31,40H,2-5,7-8,13-16H2,1H3. The Balaban J connectivity index is 1.46. The first kappa shape index (κ1) is 29.5. The molecule has 42 heavy (non-hydrogen) atoms. The van der Waals surface area contributed by atoms with Crippen molar-refractivity contribution in [2.75, 3.05) is 42.5 Å². The summed E-state index contributed by atoms with van der Waals surface area (Å²) in [6, 6.07) is 7.11. The Hall–Kier alpha value is -4.01. The number of para-hydroxylation sites is 1. The summed E-state index contributed by atoms with van der Waals surface area (Å²) in [6.45, 7) is 4.89. The minimum atomic E-state index is -1.12. The van der Waals surface area contributed by atoms with E-state index in [9.17, 15) is 28.3 Å². The van der Waals surface area contributed by atoms with E-state index in [1.807, 2.05) is 11.8 Å². The van der Waals surface area contributed by atoms with E-state index < -0.39 is 35.4 Å². The molecule has 2 heterocycles. The first-order valence-electron chi connectivity index (χ1n) is 14.2. The maximum absolute atomic E-state index is 14.4. The van der Waals surface area contributed by atoms with Crippen LogP contribution in [0.3, 0.4) is 0 Å². The predicted octanol–water partition coefficient (Wildman–Crippen LogP) is 2.33. The Morgan fingerprint density at radius 3 is 2.43 bits per heavy atom. The number of carbonyl (C=O) groups is 2. The minimum Gasteiger partial charge on any atom is -0.368 e. The highest BCUT2D eigenvalue weighted by Crippen LogP contribution is 2.32. The zero-order valence-electron chi connectivity index (χ0n) is 23.3. The smallest absolute Gasteiger partial charge is 0.368 e. The van der Waals surface area contributed by atoms with Crippen LogP contribution >= 0.6 is 0 Å². The lowest BCUT2D eigenvalue weighted by Gasteiger charge is -2.39. The van der Waals surface area contributed by atoms with Gasteiger partial charge in [0.25, 0.3) is 0 Å². The van der Waals surface area contributed by atoms with Crippen LogP contribution in [0, 0.1) is 11.6 Å². The lowest BCUT2D eigenvalue weighted by atomic mass is 9.93. The molecule has 12 nitrogen and oxygen atoms in total. The van der Waals surface area contributed by atoms with E-state index >= 15 is 0 Å². The van der Waals surface area contributed by atoms with Crippen molar-refractivity contribution in [1.29, 1.82) is 0 Å². The Morgan fingerprint density at radius 1 is 1.10 bits per heavy atom. The van der Waals surface area contributed by atoms with Gasteiger partial charge >= 0.3 is 11.7 Å². The summed E-state index contributed by atoms with van der Waals surface area (Å²) in [6.07, 6.45) is 4.09. The Labute approximate surface area is 241 Å². The Bertz CT molecular complexity index is 1460. The molecule has 1 unspecified atom stereocenters. The van der Waals surface area contributed by atoms with Gasteiger partial charge in [-0.15, -0.1) is 4.68 Å². The van der Waals surface area contributed by atoms with Crippen LogP contribution in [0.4, 0.5) is 25.0 Å². The molecule has 1 saturated heterocycles. The molecule has 5 rings (SSSR count). The summed E-state index contributed by atoms with van der Waals surface area (Å²) < 4.78 is 29.7. The molecule has 2 fully saturated rings. The summed E-state index contributed by atoms with van der Waals surface area (Å²) in [5, 5.41) is 20.5. The predicted molar refractivity (Wildman–Crippen MR) is 151 cm³/mol. The third-order valence-corrected chi connectivity index (χ3v) is 7.86. The number of aliphatic hydroxyl groups is 1. The molecular weight excluding hydrogens is 550 g/mol. The molecule has 1 amide bonds. The van der Waals surface area contributed by atoms with E-state index in [2.05, 4.69) is 20.6 Å². The topological polar surface area (TPSA) is 129 Å². The third kappa shape index (κ3) is 5.82. The zero-order valence-corrected chi connectivity index (χ0v) is 23.3. The van der Waals surface area contributed by atoms with E-state index in [1.165, 1.54) is 4.90 Å². The van der Waals surface area contributed by atoms with Crippen LogP contribution in [0.5, 0.6) is 0 Å². The number of nitrogens with one attached hydrogen (secondary N) is 1. The fraction of sp³-hybridized carbons (Fsp3) is 0.464. The van der Waals surface area contributed by atoms with Crippen molar-refractivity contribution >= 4 is 23.7 Å². The zero-order chi connectivity index (χ0) is 29.8. The minimum absolute atomic E-state index is 0.282. The molecule has 14 heteroatoms. The summed E-state index contributed by atoms with van der Waals surface area (Å²) in [5.41, 5.74) is -0.379. The van der Waals surface area contributed by atoms with Crippen molar-refractivity contribution in [3.63, 3.8) is 0 Å². The highest BCUT2D eigenvalue weighted by atomic mass is 19.1. The molecule has 3 aromatic rings. The number of hydrogen-bond acceptors (Lipinski definition) is 9. The number of carbonyl (C=O) groups excluding carboxylic acids is 2. The van der Waals surface area contributed by atoms with E-state index in [0.717, 1.165) is 43.7 Å². The third-order valence-electron chi connectivity index (χ3n) is 7.86. The number of benzene rings is 2. The van der Waals surface area contributed by atoms with Crippen LogP contribution in [0.25, 0.3) is 5.69 Å². The van der Waals surface area contributed by atoms with Gasteiger partial charge in [0, 0.05) is 49.2 Å². The summed E-state index contributed by atoms with van der Waals surface area (Å²) in [4.78, 5) is 44.7. The highest BCUT2D eigenvalue weighted by molar-refractivity contribution is 5.96. The van der Waals surface area contributed by atoms with E-state index in [0.29, 0.717) is 71.9 Å². The van der Waals surface area contributed by atoms with E-state index in [-0.39, 0.29) is 6.04 Å². The van der Waals surface area contributed by atoms with E-state index in [1.54, 1.807) is 18.2 Å². The average Bonchev–Trinajstić information content (AvgIpc) is 3.38. The average molecular weight is 585 g/mol. The van der Waals surface area contributed by atoms with Gasteiger partial charge in [-0.3, -0.25) is 19.9 Å². The van der Waals surface area contributed by atoms with Crippen LogP contribution in [0.1, 0.15) is 49.4 Å². The van der Waals surface area contributed by atoms with Gasteiger partial charge in [-0.25, -0.2) is 18.4 Å². The van der Waals surface area contributed by atoms with Crippen molar-refractivity contribution in [2.24, 2.45) is 0 Å². The fourth-order valence-electron chi connectivity index (χ4n) is 5.71. The number of aromatic nitrogens is 4. The number of halogens is 2. The second kappa shape index (κ2) is 12.9. The van der Waals surface area contributed by atoms with Crippen LogP contribution < -0.4 is 20.8 Å². The largest absolute Gasteiger partial charge is 0.377 e. The van der Waals surface area contributed by atoms with Crippen molar-refractivity contribution in [2.45, 2.75) is 51.4 Å². The molecule has 2 aliphatic rings. The maximum Gasteiger partial charge on any atom is 0.377 e. The first-order chi connectivity index (χ1) is 20.3. The summed E-state index contributed by atoms with van der Waals surface area (Å²) in [5.74, 6) is -2.05. The second-order valence-corrected chi connectivity index (χ2v) is 10.4. The lowest BCUT2D eigenvalue weighted by molar-refractivity contribution is -0.0236. The van der Waals surface area contributed by atoms with Crippen molar-refractivity contribution in [3.8, 4) is 5.69 Å². The van der Waals surface area contributed by atoms with Crippen molar-refractivity contribution < 1.29 is 23.5 Å². The number of aliphatic hydroxyl groups excluding tert-OH is 1. The number of nitrogens with zero attached hydrogens (tertiary/aromatic N) is 7. The molecule has 1 atom stereocenters. The van der Waals surface area contributed by atoms with Gasteiger partial charge in [0.15, 0.2) is 24.3 Å². The summed E-state index contributed by atoms with van der Waals surface area (Å²) in [7, 11) is 0. The monoisotopic (exact) mass is 584 g/mol. The van der Waals surface area contributed by atoms with E-state index in [4.69, 9.17) is 0 Å². The van der Waals surface area contributed by atoms with Crippen LogP contribution in [0.15, 0.2) is 41.2 Å². The molecule has 2 aromatic carbocycles. The summed E-state index contributed by atoms with van der Waals surface area (Å²) >= 11 is 0. The van der Waals surface area contributed by atoms with Gasteiger partial charge in [-0.1, -0.05) is 32.3 Å². The number of tetrazole rings is 1. The van der Waals surface area contributed by atoms with Crippen LogP contribution in [0.2, 0.25) is 0 Å². The molecule has 1 aliphatic heterocycles. The van der Waals surface area contributed by atoms with Crippen LogP contribution in [-0.2, 0) is 0 Å². The van der Waals surface area contributed by atoms with Gasteiger partial charge in [0.2, 0.25) is 0 Å². The molecule has 0 spiro atoms. The highest BCUT2D eigenvalue weighted by Gasteiger charge is 2.32. The Kier molecular flexibility index (Phi) is 9.04. The second-order valence-electron chi connectivity index (χ2n) is 10.4. The number of piperazine rings is 1. The number of amides is 1. The fourth-order valence-corrected chi connectivity index (χ4v) is 5.71. The molecule has 2 N–H and O–H groups in total. The van der Waals surface area contributed by atoms with Crippen molar-refractivity contribution in [3.05, 3.63) is 64.1 Å². The number of anilines is 2. The van der Waals surface area contributed by atoms with Crippen molar-refractivity contribution in [1.82, 2.24) is 30.0 Å². The molecular formula is C28H34F2N8O4. The maximum atomic E-state index is 14.4. The lowest BCUT2D eigenvalue weighted by Crippen LogP contribution is -2.55. The molecule has 1 aliphatic carbocycles. The molecule has 1 saturated carbocycles. The molecule has 0 bridgehead atoms. The molecule has 0 radical (unpaired) electrons. The normalized spacial score (nSPS) is 17.3. The van der Waals surface area contributed by atoms with Gasteiger partial charge < -0.3 is 10.0 Å². The van der Waals surface area contributed by atoms with Gasteiger partial charge in [0.1, 0.15) is 5.69 Å². The van der Waals surface area contributed by atoms with Crippen LogP contribution in [-0.4, -0.2) is 87.2 Å². The molecule has 1 aromatic heterocycles. The first-order valence-corrected chi connectivity index (χ1v) is 14.2. The number of aldehydes is 1.